The van der Waals surface area contributed by atoms with E-state index in [9.17, 15) is 9.59 Å². The molecule has 3 amide bonds. The molecule has 0 bridgehead atoms. The van der Waals surface area contributed by atoms with Crippen molar-refractivity contribution in [2.24, 2.45) is 0 Å². The molecule has 7 nitrogen and oxygen atoms in total. The summed E-state index contributed by atoms with van der Waals surface area (Å²) in [5.74, 6) is 0.890. The molecular formula is C23H28N4O3. The molecular weight excluding hydrogens is 380 g/mol. The van der Waals surface area contributed by atoms with Gasteiger partial charge in [0, 0.05) is 44.8 Å². The highest BCUT2D eigenvalue weighted by Gasteiger charge is 2.33. The van der Waals surface area contributed by atoms with Crippen molar-refractivity contribution in [2.75, 3.05) is 49.6 Å². The normalized spacial score (nSPS) is 19.2. The maximum Gasteiger partial charge on any atom is 0.317 e. The standard InChI is InChI=1S/C23H28N4O3/c1-17-7-9-19(10-8-17)27-16-18(15-22(27)28)24-23(29)26-13-11-25(12-14-26)20-5-3-4-6-21(20)30-2/h3-10,18H,11-16H2,1-2H3,(H,24,29)/t18-/m0/s1. The van der Waals surface area contributed by atoms with Gasteiger partial charge < -0.3 is 24.8 Å². The number of hydrogen-bond acceptors (Lipinski definition) is 4. The van der Waals surface area contributed by atoms with Crippen molar-refractivity contribution in [3.05, 3.63) is 54.1 Å². The largest absolute Gasteiger partial charge is 0.495 e. The molecule has 4 rings (SSSR count). The van der Waals surface area contributed by atoms with Crippen LogP contribution in [-0.4, -0.2) is 62.7 Å². The van der Waals surface area contributed by atoms with Crippen LogP contribution in [0, 0.1) is 6.92 Å². The Morgan fingerprint density at radius 3 is 2.43 bits per heavy atom. The van der Waals surface area contributed by atoms with Gasteiger partial charge in [0.25, 0.3) is 0 Å². The van der Waals surface area contributed by atoms with Crippen LogP contribution in [0.15, 0.2) is 48.5 Å². The van der Waals surface area contributed by atoms with E-state index in [-0.39, 0.29) is 18.0 Å². The van der Waals surface area contributed by atoms with Crippen molar-refractivity contribution < 1.29 is 14.3 Å². The van der Waals surface area contributed by atoms with Crippen molar-refractivity contribution >= 4 is 23.3 Å². The maximum absolute atomic E-state index is 12.8. The van der Waals surface area contributed by atoms with Crippen LogP contribution in [-0.2, 0) is 4.79 Å². The molecule has 2 aliphatic rings. The summed E-state index contributed by atoms with van der Waals surface area (Å²) in [6.45, 7) is 5.28. The molecule has 2 fully saturated rings. The topological polar surface area (TPSA) is 65.1 Å². The lowest BCUT2D eigenvalue weighted by Crippen LogP contribution is -2.54. The molecule has 2 saturated heterocycles. The van der Waals surface area contributed by atoms with E-state index >= 15 is 0 Å². The number of aryl methyl sites for hydroxylation is 1. The fourth-order valence-corrected chi connectivity index (χ4v) is 4.09. The minimum atomic E-state index is -0.168. The molecule has 1 atom stereocenters. The molecule has 2 aromatic carbocycles. The summed E-state index contributed by atoms with van der Waals surface area (Å²) in [4.78, 5) is 31.0. The summed E-state index contributed by atoms with van der Waals surface area (Å²) in [6, 6.07) is 15.6. The predicted octanol–water partition coefficient (Wildman–Crippen LogP) is 2.64. The summed E-state index contributed by atoms with van der Waals surface area (Å²) < 4.78 is 5.45. The van der Waals surface area contributed by atoms with E-state index in [0.29, 0.717) is 26.1 Å². The van der Waals surface area contributed by atoms with Gasteiger partial charge in [-0.25, -0.2) is 4.79 Å². The second kappa shape index (κ2) is 8.65. The van der Waals surface area contributed by atoms with Gasteiger partial charge in [-0.3, -0.25) is 4.79 Å². The van der Waals surface area contributed by atoms with Crippen LogP contribution in [0.3, 0.4) is 0 Å². The molecule has 1 N–H and O–H groups in total. The van der Waals surface area contributed by atoms with Gasteiger partial charge >= 0.3 is 6.03 Å². The van der Waals surface area contributed by atoms with Crippen LogP contribution in [0.2, 0.25) is 0 Å². The lowest BCUT2D eigenvalue weighted by Gasteiger charge is -2.37. The van der Waals surface area contributed by atoms with E-state index in [1.807, 2.05) is 60.4 Å². The highest BCUT2D eigenvalue weighted by molar-refractivity contribution is 5.96. The van der Waals surface area contributed by atoms with Crippen molar-refractivity contribution in [1.29, 1.82) is 0 Å². The molecule has 2 aromatic rings. The van der Waals surface area contributed by atoms with E-state index < -0.39 is 0 Å². The Morgan fingerprint density at radius 2 is 1.73 bits per heavy atom. The van der Waals surface area contributed by atoms with Crippen LogP contribution in [0.4, 0.5) is 16.2 Å². The quantitative estimate of drug-likeness (QED) is 0.845. The number of nitrogens with one attached hydrogen (secondary N) is 1. The number of ether oxygens (including phenoxy) is 1. The molecule has 7 heteroatoms. The first kappa shape index (κ1) is 20.1. The summed E-state index contributed by atoms with van der Waals surface area (Å²) in [6.07, 6.45) is 0.334. The third kappa shape index (κ3) is 4.20. The lowest BCUT2D eigenvalue weighted by atomic mass is 10.2. The number of amides is 3. The molecule has 0 aliphatic carbocycles. The summed E-state index contributed by atoms with van der Waals surface area (Å²) in [7, 11) is 1.67. The minimum Gasteiger partial charge on any atom is -0.495 e. The van der Waals surface area contributed by atoms with Crippen molar-refractivity contribution in [3.8, 4) is 5.75 Å². The highest BCUT2D eigenvalue weighted by Crippen LogP contribution is 2.28. The molecule has 0 radical (unpaired) electrons. The number of carbonyl (C=O) groups excluding carboxylic acids is 2. The predicted molar refractivity (Wildman–Crippen MR) is 117 cm³/mol. The Balaban J connectivity index is 1.31. The molecule has 2 heterocycles. The number of urea groups is 1. The average molecular weight is 409 g/mol. The Labute approximate surface area is 177 Å². The van der Waals surface area contributed by atoms with Crippen LogP contribution < -0.4 is 19.9 Å². The number of methoxy groups -OCH3 is 1. The average Bonchev–Trinajstić information content (AvgIpc) is 3.14. The summed E-state index contributed by atoms with van der Waals surface area (Å²) in [5, 5.41) is 3.05. The van der Waals surface area contributed by atoms with E-state index in [2.05, 4.69) is 10.2 Å². The van der Waals surface area contributed by atoms with Crippen LogP contribution in [0.25, 0.3) is 0 Å². The van der Waals surface area contributed by atoms with Crippen molar-refractivity contribution in [3.63, 3.8) is 0 Å². The first-order chi connectivity index (χ1) is 14.5. The Bertz CT molecular complexity index is 907. The molecule has 0 saturated carbocycles. The second-order valence-electron chi connectivity index (χ2n) is 7.84. The van der Waals surface area contributed by atoms with Gasteiger partial charge in [0.2, 0.25) is 5.91 Å². The summed E-state index contributed by atoms with van der Waals surface area (Å²) in [5.41, 5.74) is 3.09. The van der Waals surface area contributed by atoms with Gasteiger partial charge in [0.15, 0.2) is 0 Å². The van der Waals surface area contributed by atoms with Gasteiger partial charge in [-0.05, 0) is 31.2 Å². The SMILES string of the molecule is COc1ccccc1N1CCN(C(=O)N[C@H]2CC(=O)N(c3ccc(C)cc3)C2)CC1. The van der Waals surface area contributed by atoms with Crippen molar-refractivity contribution in [1.82, 2.24) is 10.2 Å². The number of nitrogens with zero attached hydrogens (tertiary/aromatic N) is 3. The fourth-order valence-electron chi connectivity index (χ4n) is 4.09. The van der Waals surface area contributed by atoms with E-state index in [4.69, 9.17) is 4.74 Å². The number of benzene rings is 2. The lowest BCUT2D eigenvalue weighted by molar-refractivity contribution is -0.117. The monoisotopic (exact) mass is 408 g/mol. The zero-order chi connectivity index (χ0) is 21.1. The zero-order valence-electron chi connectivity index (χ0n) is 17.5. The Kier molecular flexibility index (Phi) is 5.79. The maximum atomic E-state index is 12.8. The molecule has 30 heavy (non-hydrogen) atoms. The van der Waals surface area contributed by atoms with Gasteiger partial charge in [0.05, 0.1) is 18.8 Å². The third-order valence-electron chi connectivity index (χ3n) is 5.79. The molecule has 158 valence electrons. The molecule has 0 spiro atoms. The first-order valence-electron chi connectivity index (χ1n) is 10.4. The van der Waals surface area contributed by atoms with Crippen LogP contribution in [0.5, 0.6) is 5.75 Å². The highest BCUT2D eigenvalue weighted by atomic mass is 16.5. The van der Waals surface area contributed by atoms with E-state index in [0.717, 1.165) is 35.8 Å². The minimum absolute atomic E-state index is 0.0464. The zero-order valence-corrected chi connectivity index (χ0v) is 17.5. The number of anilines is 2. The van der Waals surface area contributed by atoms with Crippen molar-refractivity contribution in [2.45, 2.75) is 19.4 Å². The van der Waals surface area contributed by atoms with Gasteiger partial charge in [0.1, 0.15) is 5.75 Å². The number of para-hydroxylation sites is 2. The van der Waals surface area contributed by atoms with Gasteiger partial charge in [-0.1, -0.05) is 29.8 Å². The Morgan fingerprint density at radius 1 is 1.03 bits per heavy atom. The number of piperazine rings is 1. The number of rotatable bonds is 4. The van der Waals surface area contributed by atoms with E-state index in [1.165, 1.54) is 0 Å². The fraction of sp³-hybridized carbons (Fsp3) is 0.391. The third-order valence-corrected chi connectivity index (χ3v) is 5.79. The van der Waals surface area contributed by atoms with Crippen LogP contribution in [0.1, 0.15) is 12.0 Å². The molecule has 0 aromatic heterocycles. The number of hydrogen-bond donors (Lipinski definition) is 1. The van der Waals surface area contributed by atoms with E-state index in [1.54, 1.807) is 12.0 Å². The smallest absolute Gasteiger partial charge is 0.317 e. The molecule has 0 unspecified atom stereocenters. The van der Waals surface area contributed by atoms with Crippen LogP contribution >= 0.6 is 0 Å². The Hall–Kier alpha value is -3.22. The molecule has 2 aliphatic heterocycles. The number of carbonyl (C=O) groups is 2. The first-order valence-corrected chi connectivity index (χ1v) is 10.4. The van der Waals surface area contributed by atoms with Gasteiger partial charge in [-0.2, -0.15) is 0 Å². The summed E-state index contributed by atoms with van der Waals surface area (Å²) >= 11 is 0. The van der Waals surface area contributed by atoms with Gasteiger partial charge in [-0.15, -0.1) is 0 Å². The second-order valence-corrected chi connectivity index (χ2v) is 7.84.